The topological polar surface area (TPSA) is 41.1 Å². The third-order valence-electron chi connectivity index (χ3n) is 4.53. The molecule has 1 aromatic heterocycles. The summed E-state index contributed by atoms with van der Waals surface area (Å²) in [4.78, 5) is 11.6. The average Bonchev–Trinajstić information content (AvgIpc) is 2.46. The summed E-state index contributed by atoms with van der Waals surface area (Å²) in [6.07, 6.45) is 4.51. The normalized spacial score (nSPS) is 17.0. The summed E-state index contributed by atoms with van der Waals surface area (Å²) in [5.74, 6) is 2.55. The number of nitrogens with one attached hydrogen (secondary N) is 1. The third kappa shape index (κ3) is 4.40. The lowest BCUT2D eigenvalue weighted by molar-refractivity contribution is 0.310. The highest BCUT2D eigenvalue weighted by atomic mass is 15.3. The molecule has 1 aliphatic heterocycles. The smallest absolute Gasteiger partial charge is 0.225 e. The molecule has 0 amide bonds. The van der Waals surface area contributed by atoms with Crippen molar-refractivity contribution in [3.8, 4) is 0 Å². The first-order chi connectivity index (χ1) is 9.97. The van der Waals surface area contributed by atoms with Crippen LogP contribution in [0.5, 0.6) is 0 Å². The van der Waals surface area contributed by atoms with Gasteiger partial charge in [-0.2, -0.15) is 0 Å². The van der Waals surface area contributed by atoms with E-state index in [4.69, 9.17) is 4.98 Å². The zero-order valence-electron chi connectivity index (χ0n) is 14.2. The van der Waals surface area contributed by atoms with Gasteiger partial charge in [-0.25, -0.2) is 9.97 Å². The van der Waals surface area contributed by atoms with Crippen molar-refractivity contribution in [1.82, 2.24) is 15.3 Å². The first kappa shape index (κ1) is 16.2. The van der Waals surface area contributed by atoms with Gasteiger partial charge >= 0.3 is 0 Å². The molecule has 0 aliphatic carbocycles. The molecule has 1 aromatic rings. The standard InChI is InChI=1S/C17H30N4/c1-12(2)15-6-8-21(9-7-15)17-19-11-16(14(5)20-17)10-18-13(3)4/h11-13,15,18H,6-10H2,1-5H3. The Hall–Kier alpha value is -1.16. The molecule has 1 aliphatic rings. The maximum absolute atomic E-state index is 4.72. The molecule has 4 nitrogen and oxygen atoms in total. The quantitative estimate of drug-likeness (QED) is 0.904. The number of nitrogens with zero attached hydrogens (tertiary/aromatic N) is 3. The fourth-order valence-electron chi connectivity index (χ4n) is 2.89. The van der Waals surface area contributed by atoms with E-state index in [-0.39, 0.29) is 0 Å². The van der Waals surface area contributed by atoms with E-state index >= 15 is 0 Å². The van der Waals surface area contributed by atoms with Crippen LogP contribution in [0.2, 0.25) is 0 Å². The minimum atomic E-state index is 0.485. The summed E-state index contributed by atoms with van der Waals surface area (Å²) in [6, 6.07) is 0.485. The molecule has 1 fully saturated rings. The lowest BCUT2D eigenvalue weighted by Gasteiger charge is -2.34. The molecule has 2 heterocycles. The molecule has 0 atom stereocenters. The maximum atomic E-state index is 4.72. The van der Waals surface area contributed by atoms with Gasteiger partial charge in [-0.05, 0) is 31.6 Å². The van der Waals surface area contributed by atoms with E-state index in [9.17, 15) is 0 Å². The van der Waals surface area contributed by atoms with Crippen molar-refractivity contribution in [2.24, 2.45) is 11.8 Å². The Kier molecular flexibility index (Phi) is 5.57. The van der Waals surface area contributed by atoms with E-state index in [1.807, 2.05) is 6.20 Å². The van der Waals surface area contributed by atoms with Crippen molar-refractivity contribution in [2.75, 3.05) is 18.0 Å². The Labute approximate surface area is 129 Å². The Balaban J connectivity index is 1.97. The summed E-state index contributed by atoms with van der Waals surface area (Å²) in [7, 11) is 0. The first-order valence-electron chi connectivity index (χ1n) is 8.28. The van der Waals surface area contributed by atoms with Crippen LogP contribution in [0.3, 0.4) is 0 Å². The van der Waals surface area contributed by atoms with Crippen molar-refractivity contribution in [3.63, 3.8) is 0 Å². The van der Waals surface area contributed by atoms with Gasteiger partial charge in [0.1, 0.15) is 0 Å². The first-order valence-corrected chi connectivity index (χ1v) is 8.28. The predicted octanol–water partition coefficient (Wildman–Crippen LogP) is 3.16. The molecule has 21 heavy (non-hydrogen) atoms. The van der Waals surface area contributed by atoms with Crippen molar-refractivity contribution in [2.45, 2.75) is 60.0 Å². The SMILES string of the molecule is Cc1nc(N2CCC(C(C)C)CC2)ncc1CNC(C)C. The van der Waals surface area contributed by atoms with Gasteiger partial charge < -0.3 is 10.2 Å². The summed E-state index contributed by atoms with van der Waals surface area (Å²) in [5.41, 5.74) is 2.30. The van der Waals surface area contributed by atoms with Gasteiger partial charge in [0.25, 0.3) is 0 Å². The zero-order chi connectivity index (χ0) is 15.4. The Bertz CT molecular complexity index is 448. The number of anilines is 1. The van der Waals surface area contributed by atoms with E-state index < -0.39 is 0 Å². The molecule has 0 saturated carbocycles. The van der Waals surface area contributed by atoms with Gasteiger partial charge in [0.05, 0.1) is 0 Å². The Morgan fingerprint density at radius 2 is 1.90 bits per heavy atom. The zero-order valence-corrected chi connectivity index (χ0v) is 14.2. The fourth-order valence-corrected chi connectivity index (χ4v) is 2.89. The fraction of sp³-hybridized carbons (Fsp3) is 0.765. The highest BCUT2D eigenvalue weighted by Crippen LogP contribution is 2.26. The molecule has 1 saturated heterocycles. The van der Waals surface area contributed by atoms with E-state index in [0.717, 1.165) is 43.1 Å². The van der Waals surface area contributed by atoms with Crippen LogP contribution in [0.1, 0.15) is 51.8 Å². The average molecular weight is 290 g/mol. The summed E-state index contributed by atoms with van der Waals surface area (Å²) in [5, 5.41) is 3.43. The Morgan fingerprint density at radius 1 is 1.24 bits per heavy atom. The molecule has 118 valence electrons. The molecule has 0 radical (unpaired) electrons. The van der Waals surface area contributed by atoms with Gasteiger partial charge in [0.15, 0.2) is 0 Å². The second-order valence-corrected chi connectivity index (χ2v) is 6.88. The minimum absolute atomic E-state index is 0.485. The van der Waals surface area contributed by atoms with Crippen LogP contribution in [0.25, 0.3) is 0 Å². The van der Waals surface area contributed by atoms with Crippen LogP contribution < -0.4 is 10.2 Å². The molecular formula is C17H30N4. The summed E-state index contributed by atoms with van der Waals surface area (Å²) < 4.78 is 0. The molecule has 0 aromatic carbocycles. The summed E-state index contributed by atoms with van der Waals surface area (Å²) in [6.45, 7) is 14.1. The van der Waals surface area contributed by atoms with Crippen LogP contribution in [-0.2, 0) is 6.54 Å². The number of rotatable bonds is 5. The van der Waals surface area contributed by atoms with Gasteiger partial charge in [-0.3, -0.25) is 0 Å². The van der Waals surface area contributed by atoms with E-state index in [1.165, 1.54) is 18.4 Å². The number of aromatic nitrogens is 2. The van der Waals surface area contributed by atoms with Crippen LogP contribution in [0, 0.1) is 18.8 Å². The van der Waals surface area contributed by atoms with Crippen LogP contribution >= 0.6 is 0 Å². The van der Waals surface area contributed by atoms with E-state index in [2.05, 4.69) is 49.8 Å². The largest absolute Gasteiger partial charge is 0.341 e. The highest BCUT2D eigenvalue weighted by Gasteiger charge is 2.23. The van der Waals surface area contributed by atoms with Crippen molar-refractivity contribution >= 4 is 5.95 Å². The lowest BCUT2D eigenvalue weighted by atomic mass is 9.87. The van der Waals surface area contributed by atoms with Crippen LogP contribution in [-0.4, -0.2) is 29.1 Å². The van der Waals surface area contributed by atoms with Crippen LogP contribution in [0.4, 0.5) is 5.95 Å². The second-order valence-electron chi connectivity index (χ2n) is 6.88. The minimum Gasteiger partial charge on any atom is -0.341 e. The van der Waals surface area contributed by atoms with Gasteiger partial charge in [-0.15, -0.1) is 0 Å². The monoisotopic (exact) mass is 290 g/mol. The number of piperidine rings is 1. The molecule has 0 spiro atoms. The Morgan fingerprint density at radius 3 is 2.43 bits per heavy atom. The third-order valence-corrected chi connectivity index (χ3v) is 4.53. The second kappa shape index (κ2) is 7.21. The predicted molar refractivity (Wildman–Crippen MR) is 88.5 cm³/mol. The van der Waals surface area contributed by atoms with Gasteiger partial charge in [0.2, 0.25) is 5.95 Å². The number of hydrogen-bond donors (Lipinski definition) is 1. The maximum Gasteiger partial charge on any atom is 0.225 e. The molecule has 0 unspecified atom stereocenters. The van der Waals surface area contributed by atoms with E-state index in [1.54, 1.807) is 0 Å². The van der Waals surface area contributed by atoms with Crippen molar-refractivity contribution in [1.29, 1.82) is 0 Å². The van der Waals surface area contributed by atoms with Crippen LogP contribution in [0.15, 0.2) is 6.20 Å². The number of aryl methyl sites for hydroxylation is 1. The molecule has 0 bridgehead atoms. The lowest BCUT2D eigenvalue weighted by Crippen LogP contribution is -2.36. The van der Waals surface area contributed by atoms with Gasteiger partial charge in [0, 0.05) is 43.1 Å². The summed E-state index contributed by atoms with van der Waals surface area (Å²) >= 11 is 0. The molecular weight excluding hydrogens is 260 g/mol. The number of hydrogen-bond acceptors (Lipinski definition) is 4. The van der Waals surface area contributed by atoms with Crippen molar-refractivity contribution in [3.05, 3.63) is 17.5 Å². The molecule has 1 N–H and O–H groups in total. The molecule has 4 heteroatoms. The van der Waals surface area contributed by atoms with E-state index in [0.29, 0.717) is 6.04 Å². The van der Waals surface area contributed by atoms with Gasteiger partial charge in [-0.1, -0.05) is 27.7 Å². The highest BCUT2D eigenvalue weighted by molar-refractivity contribution is 5.33. The molecule has 2 rings (SSSR count). The van der Waals surface area contributed by atoms with Crippen molar-refractivity contribution < 1.29 is 0 Å².